The second kappa shape index (κ2) is 10.7. The zero-order chi connectivity index (χ0) is 24.1. The van der Waals surface area contributed by atoms with Gasteiger partial charge in [-0.25, -0.2) is 9.59 Å². The first kappa shape index (κ1) is 23.8. The van der Waals surface area contributed by atoms with Gasteiger partial charge in [0.2, 0.25) is 5.91 Å². The van der Waals surface area contributed by atoms with E-state index in [-0.39, 0.29) is 37.7 Å². The number of carbonyl (C=O) groups excluding carboxylic acids is 2. The fraction of sp³-hybridized carbons (Fsp3) is 0.423. The summed E-state index contributed by atoms with van der Waals surface area (Å²) in [6, 6.07) is 15.4. The molecule has 180 valence electrons. The lowest BCUT2D eigenvalue weighted by atomic mass is 9.98. The molecule has 1 fully saturated rings. The highest BCUT2D eigenvalue weighted by molar-refractivity contribution is 5.85. The van der Waals surface area contributed by atoms with Crippen molar-refractivity contribution in [2.24, 2.45) is 5.92 Å². The van der Waals surface area contributed by atoms with Gasteiger partial charge in [0.1, 0.15) is 12.6 Å². The van der Waals surface area contributed by atoms with Crippen molar-refractivity contribution in [3.63, 3.8) is 0 Å². The van der Waals surface area contributed by atoms with Crippen LogP contribution in [0, 0.1) is 5.92 Å². The largest absolute Gasteiger partial charge is 0.480 e. The van der Waals surface area contributed by atoms with E-state index in [0.717, 1.165) is 11.1 Å². The van der Waals surface area contributed by atoms with Crippen LogP contribution in [0.4, 0.5) is 4.79 Å². The van der Waals surface area contributed by atoms with E-state index in [2.05, 4.69) is 34.9 Å². The number of hydrogen-bond acceptors (Lipinski definition) is 5. The highest BCUT2D eigenvalue weighted by Gasteiger charge is 2.33. The second-order valence-corrected chi connectivity index (χ2v) is 8.78. The second-order valence-electron chi connectivity index (χ2n) is 8.78. The predicted octanol–water partition coefficient (Wildman–Crippen LogP) is 3.30. The molecule has 3 atom stereocenters. The molecule has 3 N–H and O–H groups in total. The molecule has 1 aliphatic carbocycles. The maximum atomic E-state index is 12.4. The number of amides is 2. The van der Waals surface area contributed by atoms with Crippen molar-refractivity contribution in [2.75, 3.05) is 19.8 Å². The van der Waals surface area contributed by atoms with Gasteiger partial charge in [-0.15, -0.1) is 0 Å². The van der Waals surface area contributed by atoms with Crippen LogP contribution in [0.3, 0.4) is 0 Å². The Hall–Kier alpha value is -3.39. The van der Waals surface area contributed by atoms with Crippen molar-refractivity contribution < 1.29 is 29.0 Å². The molecule has 0 radical (unpaired) electrons. The van der Waals surface area contributed by atoms with Crippen LogP contribution in [0.1, 0.15) is 43.2 Å². The van der Waals surface area contributed by atoms with Gasteiger partial charge in [0.05, 0.1) is 18.6 Å². The van der Waals surface area contributed by atoms with Crippen LogP contribution >= 0.6 is 0 Å². The minimum Gasteiger partial charge on any atom is -0.480 e. The Labute approximate surface area is 198 Å². The highest BCUT2D eigenvalue weighted by atomic mass is 16.5. The fourth-order valence-corrected chi connectivity index (χ4v) is 4.71. The van der Waals surface area contributed by atoms with Crippen LogP contribution in [-0.2, 0) is 19.1 Å². The Balaban J connectivity index is 1.24. The van der Waals surface area contributed by atoms with Gasteiger partial charge in [0.25, 0.3) is 0 Å². The molecular formula is C26H30N2O6. The Morgan fingerprint density at radius 3 is 2.35 bits per heavy atom. The Bertz CT molecular complexity index is 1010. The Morgan fingerprint density at radius 2 is 1.74 bits per heavy atom. The lowest BCUT2D eigenvalue weighted by molar-refractivity contribution is -0.142. The van der Waals surface area contributed by atoms with Crippen LogP contribution < -0.4 is 10.6 Å². The average molecular weight is 467 g/mol. The molecule has 2 aromatic rings. The lowest BCUT2D eigenvalue weighted by Gasteiger charge is -2.16. The third-order valence-corrected chi connectivity index (χ3v) is 6.46. The molecule has 2 amide bonds. The number of aliphatic carboxylic acids is 1. The van der Waals surface area contributed by atoms with Crippen molar-refractivity contribution in [2.45, 2.75) is 44.2 Å². The van der Waals surface area contributed by atoms with Gasteiger partial charge in [-0.1, -0.05) is 61.9 Å². The maximum Gasteiger partial charge on any atom is 0.407 e. The monoisotopic (exact) mass is 466 g/mol. The van der Waals surface area contributed by atoms with Gasteiger partial charge in [0, 0.05) is 12.5 Å². The fourth-order valence-electron chi connectivity index (χ4n) is 4.71. The molecule has 0 aromatic heterocycles. The zero-order valence-corrected chi connectivity index (χ0v) is 19.2. The number of carboxylic acid groups (broad SMARTS) is 1. The molecular weight excluding hydrogens is 436 g/mol. The van der Waals surface area contributed by atoms with Gasteiger partial charge in [-0.2, -0.15) is 0 Å². The van der Waals surface area contributed by atoms with Gasteiger partial charge >= 0.3 is 12.1 Å². The van der Waals surface area contributed by atoms with Crippen LogP contribution in [0.2, 0.25) is 0 Å². The standard InChI is InChI=1S/C26H30N2O6/c1-2-7-23(25(30)31)28-24(29)16-12-17(33-14-16)13-27-26(32)34-15-22-20-10-5-3-8-18(20)19-9-4-6-11-21(19)22/h3-6,8-11,16-17,22-23H,2,7,12-15H2,1H3,(H,27,32)(H,28,29)(H,30,31)/t16-,17-,23?/m0/s1. The normalized spacial score (nSPS) is 19.7. The number of benzene rings is 2. The summed E-state index contributed by atoms with van der Waals surface area (Å²) in [5.41, 5.74) is 4.62. The minimum absolute atomic E-state index is 0.0146. The van der Waals surface area contributed by atoms with Crippen molar-refractivity contribution in [1.29, 1.82) is 0 Å². The summed E-state index contributed by atoms with van der Waals surface area (Å²) in [6.07, 6.45) is 0.582. The molecule has 2 aromatic carbocycles. The SMILES string of the molecule is CCCC(NC(=O)[C@@H]1CO[C@H](CNC(=O)OCC2c3ccccc3-c3ccccc32)C1)C(=O)O. The number of alkyl carbamates (subject to hydrolysis) is 1. The van der Waals surface area contributed by atoms with Gasteiger partial charge < -0.3 is 25.2 Å². The molecule has 8 nitrogen and oxygen atoms in total. The van der Waals surface area contributed by atoms with Crippen molar-refractivity contribution >= 4 is 18.0 Å². The number of ether oxygens (including phenoxy) is 2. The molecule has 0 spiro atoms. The quantitative estimate of drug-likeness (QED) is 0.523. The van der Waals surface area contributed by atoms with E-state index in [0.29, 0.717) is 19.3 Å². The van der Waals surface area contributed by atoms with Crippen LogP contribution in [0.5, 0.6) is 0 Å². The van der Waals surface area contributed by atoms with E-state index in [1.165, 1.54) is 11.1 Å². The molecule has 4 rings (SSSR count). The first-order valence-electron chi connectivity index (χ1n) is 11.7. The first-order valence-corrected chi connectivity index (χ1v) is 11.7. The molecule has 2 aliphatic rings. The summed E-state index contributed by atoms with van der Waals surface area (Å²) in [5.74, 6) is -1.82. The van der Waals surface area contributed by atoms with E-state index >= 15 is 0 Å². The van der Waals surface area contributed by atoms with Gasteiger partial charge in [-0.3, -0.25) is 4.79 Å². The van der Waals surface area contributed by atoms with E-state index < -0.39 is 24.0 Å². The van der Waals surface area contributed by atoms with Crippen molar-refractivity contribution in [3.05, 3.63) is 59.7 Å². The topological polar surface area (TPSA) is 114 Å². The lowest BCUT2D eigenvalue weighted by Crippen LogP contribution is -2.43. The number of hydrogen-bond donors (Lipinski definition) is 3. The summed E-state index contributed by atoms with van der Waals surface area (Å²) in [5, 5.41) is 14.5. The van der Waals surface area contributed by atoms with Gasteiger partial charge in [-0.05, 0) is 35.1 Å². The van der Waals surface area contributed by atoms with Crippen molar-refractivity contribution in [1.82, 2.24) is 10.6 Å². The molecule has 1 aliphatic heterocycles. The van der Waals surface area contributed by atoms with Crippen LogP contribution in [0.15, 0.2) is 48.5 Å². The number of nitrogens with one attached hydrogen (secondary N) is 2. The highest BCUT2D eigenvalue weighted by Crippen LogP contribution is 2.44. The number of rotatable bonds is 9. The van der Waals surface area contributed by atoms with Crippen LogP contribution in [-0.4, -0.2) is 55.0 Å². The van der Waals surface area contributed by atoms with Gasteiger partial charge in [0.15, 0.2) is 0 Å². The number of fused-ring (bicyclic) bond motifs is 3. The average Bonchev–Trinajstić information content (AvgIpc) is 3.44. The van der Waals surface area contributed by atoms with Crippen molar-refractivity contribution in [3.8, 4) is 11.1 Å². The van der Waals surface area contributed by atoms with E-state index in [9.17, 15) is 19.5 Å². The number of carbonyl (C=O) groups is 3. The molecule has 1 unspecified atom stereocenters. The summed E-state index contributed by atoms with van der Waals surface area (Å²) < 4.78 is 11.2. The Kier molecular flexibility index (Phi) is 7.47. The molecule has 1 saturated heterocycles. The first-order chi connectivity index (χ1) is 16.5. The number of carboxylic acids is 1. The summed E-state index contributed by atoms with van der Waals surface area (Å²) >= 11 is 0. The summed E-state index contributed by atoms with van der Waals surface area (Å²) in [4.78, 5) is 36.0. The third kappa shape index (κ3) is 5.22. The molecule has 34 heavy (non-hydrogen) atoms. The smallest absolute Gasteiger partial charge is 0.407 e. The summed E-state index contributed by atoms with van der Waals surface area (Å²) in [7, 11) is 0. The predicted molar refractivity (Wildman–Crippen MR) is 125 cm³/mol. The molecule has 8 heteroatoms. The maximum absolute atomic E-state index is 12.4. The van der Waals surface area contributed by atoms with E-state index in [1.54, 1.807) is 0 Å². The van der Waals surface area contributed by atoms with Crippen LogP contribution in [0.25, 0.3) is 11.1 Å². The molecule has 1 heterocycles. The minimum atomic E-state index is -1.04. The Morgan fingerprint density at radius 1 is 1.09 bits per heavy atom. The third-order valence-electron chi connectivity index (χ3n) is 6.46. The van der Waals surface area contributed by atoms with E-state index in [4.69, 9.17) is 9.47 Å². The molecule has 0 saturated carbocycles. The zero-order valence-electron chi connectivity index (χ0n) is 19.2. The van der Waals surface area contributed by atoms with E-state index in [1.807, 2.05) is 31.2 Å². The molecule has 0 bridgehead atoms. The summed E-state index contributed by atoms with van der Waals surface area (Å²) in [6.45, 7) is 2.51.